The van der Waals surface area contributed by atoms with Gasteiger partial charge in [0.2, 0.25) is 0 Å². The molecule has 0 unspecified atom stereocenters. The molecule has 1 aromatic heterocycles. The lowest BCUT2D eigenvalue weighted by atomic mass is 10.1. The van der Waals surface area contributed by atoms with E-state index in [1.54, 1.807) is 7.11 Å². The summed E-state index contributed by atoms with van der Waals surface area (Å²) < 4.78 is 5.19. The number of thiophene rings is 1. The number of hydrogen-bond acceptors (Lipinski definition) is 2. The van der Waals surface area contributed by atoms with Gasteiger partial charge in [-0.05, 0) is 54.8 Å². The van der Waals surface area contributed by atoms with Gasteiger partial charge in [0.05, 0.1) is 7.11 Å². The summed E-state index contributed by atoms with van der Waals surface area (Å²) in [7, 11) is 1.70. The molecule has 2 aromatic rings. The van der Waals surface area contributed by atoms with Crippen LogP contribution < -0.4 is 4.74 Å². The third-order valence-electron chi connectivity index (χ3n) is 3.31. The first kappa shape index (κ1) is 14.1. The fraction of sp³-hybridized carbons (Fsp3) is 0.412. The molecule has 102 valence electrons. The average Bonchev–Trinajstić information content (AvgIpc) is 2.92. The van der Waals surface area contributed by atoms with Gasteiger partial charge in [-0.3, -0.25) is 0 Å². The molecule has 0 bridgehead atoms. The van der Waals surface area contributed by atoms with E-state index in [0.717, 1.165) is 5.75 Å². The van der Waals surface area contributed by atoms with Crippen LogP contribution in [0.3, 0.4) is 0 Å². The van der Waals surface area contributed by atoms with Gasteiger partial charge in [0.15, 0.2) is 0 Å². The predicted octanol–water partition coefficient (Wildman–Crippen LogP) is 5.55. The Balaban J connectivity index is 1.95. The van der Waals surface area contributed by atoms with Crippen LogP contribution in [0.2, 0.25) is 0 Å². The maximum Gasteiger partial charge on any atom is 0.118 e. The Hall–Kier alpha value is -1.28. The molecule has 1 aromatic carbocycles. The van der Waals surface area contributed by atoms with E-state index in [9.17, 15) is 0 Å². The highest BCUT2D eigenvalue weighted by atomic mass is 32.1. The Kier molecular flexibility index (Phi) is 5.46. The standard InChI is InChI=1S/C17H22OS/c1-3-4-5-6-7-16-12-13-17(19-16)14-8-10-15(18-2)11-9-14/h8-13H,3-7H2,1-2H3. The van der Waals surface area contributed by atoms with Gasteiger partial charge in [0.25, 0.3) is 0 Å². The second-order valence-electron chi connectivity index (χ2n) is 4.81. The molecule has 0 fully saturated rings. The summed E-state index contributed by atoms with van der Waals surface area (Å²) in [5.41, 5.74) is 1.28. The van der Waals surface area contributed by atoms with Crippen molar-refractivity contribution in [3.8, 4) is 16.2 Å². The SMILES string of the molecule is CCCCCCc1ccc(-c2ccc(OC)cc2)s1. The van der Waals surface area contributed by atoms with Crippen LogP contribution in [-0.2, 0) is 6.42 Å². The van der Waals surface area contributed by atoms with Gasteiger partial charge < -0.3 is 4.74 Å². The van der Waals surface area contributed by atoms with Crippen LogP contribution in [0.25, 0.3) is 10.4 Å². The van der Waals surface area contributed by atoms with Gasteiger partial charge in [-0.15, -0.1) is 11.3 Å². The van der Waals surface area contributed by atoms with E-state index in [2.05, 4.69) is 31.2 Å². The van der Waals surface area contributed by atoms with Crippen molar-refractivity contribution in [3.05, 3.63) is 41.3 Å². The summed E-state index contributed by atoms with van der Waals surface area (Å²) in [6.07, 6.45) is 6.56. The Labute approximate surface area is 120 Å². The van der Waals surface area contributed by atoms with E-state index < -0.39 is 0 Å². The molecule has 0 amide bonds. The molecule has 0 radical (unpaired) electrons. The van der Waals surface area contributed by atoms with Crippen LogP contribution in [0.15, 0.2) is 36.4 Å². The zero-order valence-corrected chi connectivity index (χ0v) is 12.6. The van der Waals surface area contributed by atoms with E-state index in [1.165, 1.54) is 47.4 Å². The van der Waals surface area contributed by atoms with Crippen molar-refractivity contribution >= 4 is 11.3 Å². The summed E-state index contributed by atoms with van der Waals surface area (Å²) >= 11 is 1.92. The molecule has 2 heteroatoms. The van der Waals surface area contributed by atoms with Gasteiger partial charge in [-0.2, -0.15) is 0 Å². The fourth-order valence-electron chi connectivity index (χ4n) is 2.15. The lowest BCUT2D eigenvalue weighted by molar-refractivity contribution is 0.415. The number of methoxy groups -OCH3 is 1. The van der Waals surface area contributed by atoms with Crippen LogP contribution in [0.5, 0.6) is 5.75 Å². The monoisotopic (exact) mass is 274 g/mol. The van der Waals surface area contributed by atoms with Gasteiger partial charge in [0.1, 0.15) is 5.75 Å². The molecule has 0 saturated carbocycles. The molecule has 0 atom stereocenters. The van der Waals surface area contributed by atoms with Crippen LogP contribution in [0, 0.1) is 0 Å². The number of benzene rings is 1. The van der Waals surface area contributed by atoms with E-state index in [1.807, 2.05) is 23.5 Å². The Morgan fingerprint density at radius 1 is 0.947 bits per heavy atom. The lowest BCUT2D eigenvalue weighted by Gasteiger charge is -2.01. The quantitative estimate of drug-likeness (QED) is 0.602. The van der Waals surface area contributed by atoms with Crippen LogP contribution in [0.4, 0.5) is 0 Å². The van der Waals surface area contributed by atoms with Crippen molar-refractivity contribution < 1.29 is 4.74 Å². The summed E-state index contributed by atoms with van der Waals surface area (Å²) in [5, 5.41) is 0. The molecule has 19 heavy (non-hydrogen) atoms. The maximum atomic E-state index is 5.19. The van der Waals surface area contributed by atoms with Gasteiger partial charge in [0, 0.05) is 9.75 Å². The lowest BCUT2D eigenvalue weighted by Crippen LogP contribution is -1.81. The molecule has 0 aliphatic heterocycles. The third kappa shape index (κ3) is 4.10. The number of unbranched alkanes of at least 4 members (excludes halogenated alkanes) is 3. The zero-order chi connectivity index (χ0) is 13.5. The molecule has 0 saturated heterocycles. The Morgan fingerprint density at radius 3 is 2.42 bits per heavy atom. The van der Waals surface area contributed by atoms with Crippen LogP contribution in [0.1, 0.15) is 37.5 Å². The van der Waals surface area contributed by atoms with E-state index in [-0.39, 0.29) is 0 Å². The van der Waals surface area contributed by atoms with Crippen molar-refractivity contribution in [1.82, 2.24) is 0 Å². The first-order valence-corrected chi connectivity index (χ1v) is 7.88. The fourth-order valence-corrected chi connectivity index (χ4v) is 3.20. The second-order valence-corrected chi connectivity index (χ2v) is 5.97. The van der Waals surface area contributed by atoms with Crippen molar-refractivity contribution in [3.63, 3.8) is 0 Å². The highest BCUT2D eigenvalue weighted by Gasteiger charge is 2.03. The number of rotatable bonds is 7. The van der Waals surface area contributed by atoms with E-state index >= 15 is 0 Å². The largest absolute Gasteiger partial charge is 0.497 e. The minimum Gasteiger partial charge on any atom is -0.497 e. The summed E-state index contributed by atoms with van der Waals surface area (Å²) in [6, 6.07) is 12.8. The zero-order valence-electron chi connectivity index (χ0n) is 11.8. The van der Waals surface area contributed by atoms with Gasteiger partial charge in [-0.25, -0.2) is 0 Å². The van der Waals surface area contributed by atoms with E-state index in [0.29, 0.717) is 0 Å². The number of hydrogen-bond donors (Lipinski definition) is 0. The van der Waals surface area contributed by atoms with Crippen LogP contribution in [-0.4, -0.2) is 7.11 Å². The van der Waals surface area contributed by atoms with E-state index in [4.69, 9.17) is 4.74 Å². The molecule has 1 nitrogen and oxygen atoms in total. The van der Waals surface area contributed by atoms with Crippen molar-refractivity contribution in [2.24, 2.45) is 0 Å². The molecular weight excluding hydrogens is 252 g/mol. The molecule has 0 aliphatic carbocycles. The van der Waals surface area contributed by atoms with Gasteiger partial charge in [-0.1, -0.05) is 26.2 Å². The molecule has 0 spiro atoms. The maximum absolute atomic E-state index is 5.19. The number of ether oxygens (including phenoxy) is 1. The summed E-state index contributed by atoms with van der Waals surface area (Å²) in [4.78, 5) is 2.86. The predicted molar refractivity (Wildman–Crippen MR) is 84.2 cm³/mol. The van der Waals surface area contributed by atoms with Crippen molar-refractivity contribution in [2.45, 2.75) is 39.0 Å². The molecule has 2 rings (SSSR count). The third-order valence-corrected chi connectivity index (χ3v) is 4.51. The minimum absolute atomic E-state index is 0.917. The number of aryl methyl sites for hydroxylation is 1. The molecule has 0 N–H and O–H groups in total. The smallest absolute Gasteiger partial charge is 0.118 e. The molecule has 1 heterocycles. The Bertz CT molecular complexity index is 484. The topological polar surface area (TPSA) is 9.23 Å². The molecular formula is C17H22OS. The minimum atomic E-state index is 0.917. The first-order chi connectivity index (χ1) is 9.33. The summed E-state index contributed by atoms with van der Waals surface area (Å²) in [6.45, 7) is 2.26. The highest BCUT2D eigenvalue weighted by Crippen LogP contribution is 2.30. The normalized spacial score (nSPS) is 10.6. The average molecular weight is 274 g/mol. The van der Waals surface area contributed by atoms with Gasteiger partial charge >= 0.3 is 0 Å². The highest BCUT2D eigenvalue weighted by molar-refractivity contribution is 7.15. The first-order valence-electron chi connectivity index (χ1n) is 7.06. The Morgan fingerprint density at radius 2 is 1.74 bits per heavy atom. The summed E-state index contributed by atoms with van der Waals surface area (Å²) in [5.74, 6) is 0.917. The van der Waals surface area contributed by atoms with Crippen molar-refractivity contribution in [2.75, 3.05) is 7.11 Å². The van der Waals surface area contributed by atoms with Crippen molar-refractivity contribution in [1.29, 1.82) is 0 Å². The molecule has 0 aliphatic rings. The van der Waals surface area contributed by atoms with Crippen LogP contribution >= 0.6 is 11.3 Å². The second kappa shape index (κ2) is 7.34.